The van der Waals surface area contributed by atoms with E-state index in [4.69, 9.17) is 4.42 Å². The minimum absolute atomic E-state index is 1.10. The Morgan fingerprint density at radius 2 is 0.808 bits per heavy atom. The summed E-state index contributed by atoms with van der Waals surface area (Å²) in [7, 11) is 0. The maximum absolute atomic E-state index is 5.57. The molecule has 0 N–H and O–H groups in total. The first-order valence-corrected chi connectivity index (χ1v) is 18.6. The van der Waals surface area contributed by atoms with Crippen LogP contribution in [-0.2, 0) is 0 Å². The van der Waals surface area contributed by atoms with E-state index < -0.39 is 0 Å². The largest absolute Gasteiger partial charge is 0.472 e. The summed E-state index contributed by atoms with van der Waals surface area (Å²) in [4.78, 5) is 0. The third-order valence-electron chi connectivity index (χ3n) is 10.8. The lowest BCUT2D eigenvalue weighted by atomic mass is 9.85. The molecule has 9 aromatic carbocycles. The second-order valence-corrected chi connectivity index (χ2v) is 14.6. The molecular formula is C50H30OS. The van der Waals surface area contributed by atoms with Crippen LogP contribution in [0.3, 0.4) is 0 Å². The maximum atomic E-state index is 5.57. The molecule has 242 valence electrons. The zero-order valence-corrected chi connectivity index (χ0v) is 29.0. The highest BCUT2D eigenvalue weighted by atomic mass is 32.1. The van der Waals surface area contributed by atoms with Crippen LogP contribution in [0.4, 0.5) is 0 Å². The van der Waals surface area contributed by atoms with E-state index in [9.17, 15) is 0 Å². The first-order chi connectivity index (χ1) is 25.8. The molecule has 0 aliphatic heterocycles. The van der Waals surface area contributed by atoms with E-state index in [1.54, 1.807) is 6.26 Å². The molecule has 2 heterocycles. The van der Waals surface area contributed by atoms with Crippen molar-refractivity contribution in [2.75, 3.05) is 0 Å². The Kier molecular flexibility index (Phi) is 6.49. The van der Waals surface area contributed by atoms with Gasteiger partial charge in [-0.25, -0.2) is 0 Å². The van der Waals surface area contributed by atoms with Crippen LogP contribution < -0.4 is 0 Å². The number of hydrogen-bond acceptors (Lipinski definition) is 2. The molecule has 1 nitrogen and oxygen atoms in total. The van der Waals surface area contributed by atoms with Gasteiger partial charge in [-0.3, -0.25) is 0 Å². The van der Waals surface area contributed by atoms with Crippen LogP contribution in [0.25, 0.3) is 108 Å². The van der Waals surface area contributed by atoms with Gasteiger partial charge in [0.2, 0.25) is 0 Å². The second kappa shape index (κ2) is 11.5. The normalized spacial score (nSPS) is 11.8. The van der Waals surface area contributed by atoms with Crippen molar-refractivity contribution in [3.8, 4) is 44.5 Å². The fraction of sp³-hybridized carbons (Fsp3) is 0. The highest BCUT2D eigenvalue weighted by molar-refractivity contribution is 7.26. The van der Waals surface area contributed by atoms with Gasteiger partial charge in [-0.1, -0.05) is 158 Å². The Balaban J connectivity index is 1.18. The van der Waals surface area contributed by atoms with Crippen molar-refractivity contribution >= 4 is 74.6 Å². The van der Waals surface area contributed by atoms with E-state index in [1.807, 2.05) is 17.6 Å². The van der Waals surface area contributed by atoms with Gasteiger partial charge in [0.05, 0.1) is 12.5 Å². The van der Waals surface area contributed by atoms with E-state index in [0.29, 0.717) is 0 Å². The molecule has 0 saturated carbocycles. The molecular weight excluding hydrogens is 649 g/mol. The van der Waals surface area contributed by atoms with Gasteiger partial charge in [-0.2, -0.15) is 0 Å². The van der Waals surface area contributed by atoms with Crippen molar-refractivity contribution < 1.29 is 4.42 Å². The standard InChI is InChI=1S/C50H30OS/c1-2-13-31(14-3-1)46-39-19-8-10-21-41(39)49(42-22-11-9-20-40(42)46)44-24-12-23-43-34-26-25-32(29-45(34)52-50(43)44)47-35-15-4-6-17-37(35)48(33-27-28-51-30-33)38-18-7-5-16-36(38)47/h1-30H. The summed E-state index contributed by atoms with van der Waals surface area (Å²) in [5.74, 6) is 0. The van der Waals surface area contributed by atoms with Crippen LogP contribution in [-0.4, -0.2) is 0 Å². The summed E-state index contributed by atoms with van der Waals surface area (Å²) in [6, 6.07) is 62.3. The lowest BCUT2D eigenvalue weighted by Crippen LogP contribution is -1.90. The van der Waals surface area contributed by atoms with Crippen molar-refractivity contribution in [1.29, 1.82) is 0 Å². The summed E-state index contributed by atoms with van der Waals surface area (Å²) in [6.45, 7) is 0. The smallest absolute Gasteiger partial charge is 0.0981 e. The van der Waals surface area contributed by atoms with Crippen LogP contribution in [0.15, 0.2) is 187 Å². The zero-order valence-electron chi connectivity index (χ0n) is 28.1. The average molecular weight is 679 g/mol. The lowest BCUT2D eigenvalue weighted by Gasteiger charge is -2.18. The van der Waals surface area contributed by atoms with Gasteiger partial charge in [-0.05, 0) is 83.0 Å². The summed E-state index contributed by atoms with van der Waals surface area (Å²) in [5.41, 5.74) is 9.94. The minimum atomic E-state index is 1.10. The monoisotopic (exact) mass is 678 g/mol. The van der Waals surface area contributed by atoms with Crippen LogP contribution in [0.1, 0.15) is 0 Å². The van der Waals surface area contributed by atoms with Gasteiger partial charge in [0.1, 0.15) is 0 Å². The van der Waals surface area contributed by atoms with Crippen LogP contribution in [0, 0.1) is 0 Å². The third-order valence-corrected chi connectivity index (χ3v) is 12.0. The predicted molar refractivity (Wildman–Crippen MR) is 223 cm³/mol. The molecule has 0 fully saturated rings. The zero-order chi connectivity index (χ0) is 34.2. The number of rotatable bonds is 4. The molecule has 0 bridgehead atoms. The van der Waals surface area contributed by atoms with E-state index in [1.165, 1.54) is 102 Å². The molecule has 2 aromatic heterocycles. The molecule has 0 unspecified atom stereocenters. The molecule has 0 aliphatic rings. The summed E-state index contributed by atoms with van der Waals surface area (Å²) in [5, 5.41) is 12.7. The van der Waals surface area contributed by atoms with Gasteiger partial charge in [-0.15, -0.1) is 11.3 Å². The molecule has 0 amide bonds. The van der Waals surface area contributed by atoms with E-state index in [0.717, 1.165) is 5.56 Å². The highest BCUT2D eigenvalue weighted by Crippen LogP contribution is 2.49. The molecule has 0 atom stereocenters. The Morgan fingerprint density at radius 1 is 0.327 bits per heavy atom. The molecule has 0 radical (unpaired) electrons. The van der Waals surface area contributed by atoms with Gasteiger partial charge >= 0.3 is 0 Å². The Morgan fingerprint density at radius 3 is 1.35 bits per heavy atom. The summed E-state index contributed by atoms with van der Waals surface area (Å²) >= 11 is 1.91. The first kappa shape index (κ1) is 29.3. The summed E-state index contributed by atoms with van der Waals surface area (Å²) in [6.07, 6.45) is 3.62. The number of benzene rings is 9. The second-order valence-electron chi connectivity index (χ2n) is 13.6. The molecule has 0 saturated heterocycles. The highest BCUT2D eigenvalue weighted by Gasteiger charge is 2.21. The third kappa shape index (κ3) is 4.28. The molecule has 0 spiro atoms. The van der Waals surface area contributed by atoms with E-state index in [-0.39, 0.29) is 0 Å². The quantitative estimate of drug-likeness (QED) is 0.169. The summed E-state index contributed by atoms with van der Waals surface area (Å²) < 4.78 is 8.19. The Bertz CT molecular complexity index is 3050. The number of thiophene rings is 1. The SMILES string of the molecule is c1ccc(-c2c3ccccc3c(-c3cccc4c3sc3cc(-c5c6ccccc6c(-c6ccoc6)c6ccccc56)ccc34)c3ccccc23)cc1. The number of furan rings is 1. The first-order valence-electron chi connectivity index (χ1n) is 17.7. The predicted octanol–water partition coefficient (Wildman–Crippen LogP) is 14.9. The molecule has 52 heavy (non-hydrogen) atoms. The Hall–Kier alpha value is -6.48. The fourth-order valence-corrected chi connectivity index (χ4v) is 9.90. The van der Waals surface area contributed by atoms with Crippen molar-refractivity contribution in [2.24, 2.45) is 0 Å². The van der Waals surface area contributed by atoms with Gasteiger partial charge < -0.3 is 4.42 Å². The number of fused-ring (bicyclic) bond motifs is 7. The van der Waals surface area contributed by atoms with Crippen LogP contribution in [0.5, 0.6) is 0 Å². The minimum Gasteiger partial charge on any atom is -0.472 e. The number of hydrogen-bond donors (Lipinski definition) is 0. The van der Waals surface area contributed by atoms with Crippen LogP contribution >= 0.6 is 11.3 Å². The van der Waals surface area contributed by atoms with Crippen molar-refractivity contribution in [2.45, 2.75) is 0 Å². The van der Waals surface area contributed by atoms with Gasteiger partial charge in [0, 0.05) is 36.9 Å². The lowest BCUT2D eigenvalue weighted by molar-refractivity contribution is 0.568. The van der Waals surface area contributed by atoms with Crippen molar-refractivity contribution in [1.82, 2.24) is 0 Å². The molecule has 2 heteroatoms. The topological polar surface area (TPSA) is 13.1 Å². The maximum Gasteiger partial charge on any atom is 0.0981 e. The van der Waals surface area contributed by atoms with Crippen LogP contribution in [0.2, 0.25) is 0 Å². The van der Waals surface area contributed by atoms with E-state index in [2.05, 4.69) is 170 Å². The molecule has 11 rings (SSSR count). The molecule has 11 aromatic rings. The molecule has 0 aliphatic carbocycles. The van der Waals surface area contributed by atoms with E-state index >= 15 is 0 Å². The van der Waals surface area contributed by atoms with Gasteiger partial charge in [0.25, 0.3) is 0 Å². The van der Waals surface area contributed by atoms with Crippen molar-refractivity contribution in [3.05, 3.63) is 182 Å². The van der Waals surface area contributed by atoms with Crippen molar-refractivity contribution in [3.63, 3.8) is 0 Å². The van der Waals surface area contributed by atoms with Gasteiger partial charge in [0.15, 0.2) is 0 Å². The average Bonchev–Trinajstić information content (AvgIpc) is 3.88. The fourth-order valence-electron chi connectivity index (χ4n) is 8.64. The Labute approximate surface area is 304 Å².